The van der Waals surface area contributed by atoms with Gasteiger partial charge in [-0.3, -0.25) is 4.79 Å². The third-order valence-electron chi connectivity index (χ3n) is 3.80. The first-order chi connectivity index (χ1) is 9.32. The molecule has 0 radical (unpaired) electrons. The molecule has 0 amide bonds. The van der Waals surface area contributed by atoms with Gasteiger partial charge in [0.05, 0.1) is 0 Å². The molecule has 0 saturated carbocycles. The van der Waals surface area contributed by atoms with Gasteiger partial charge in [-0.2, -0.15) is 0 Å². The molecule has 1 rings (SSSR count). The van der Waals surface area contributed by atoms with Gasteiger partial charge in [0.1, 0.15) is 5.78 Å². The van der Waals surface area contributed by atoms with Crippen molar-refractivity contribution in [3.63, 3.8) is 0 Å². The van der Waals surface area contributed by atoms with Gasteiger partial charge in [-0.25, -0.2) is 0 Å². The molecule has 0 heterocycles. The number of hydrogen-bond acceptors (Lipinski definition) is 2. The fourth-order valence-corrected chi connectivity index (χ4v) is 2.27. The van der Waals surface area contributed by atoms with Crippen molar-refractivity contribution < 1.29 is 4.79 Å². The quantitative estimate of drug-likeness (QED) is 0.821. The summed E-state index contributed by atoms with van der Waals surface area (Å²) in [6.07, 6.45) is 3.19. The minimum absolute atomic E-state index is 0.167. The predicted octanol–water partition coefficient (Wildman–Crippen LogP) is 3.86. The summed E-state index contributed by atoms with van der Waals surface area (Å²) in [5, 5.41) is 0. The van der Waals surface area contributed by atoms with Crippen LogP contribution in [0.25, 0.3) is 0 Å². The van der Waals surface area contributed by atoms with Crippen LogP contribution in [-0.2, 0) is 16.6 Å². The van der Waals surface area contributed by atoms with Crippen molar-refractivity contribution in [3.8, 4) is 0 Å². The number of hydrogen-bond donors (Lipinski definition) is 1. The lowest BCUT2D eigenvalue weighted by molar-refractivity contribution is -0.118. The van der Waals surface area contributed by atoms with E-state index >= 15 is 0 Å². The number of rotatable bonds is 7. The number of benzene rings is 1. The molecule has 0 aliphatic rings. The van der Waals surface area contributed by atoms with Crippen molar-refractivity contribution in [1.82, 2.24) is 0 Å². The van der Waals surface area contributed by atoms with E-state index in [1.807, 2.05) is 0 Å². The van der Waals surface area contributed by atoms with E-state index in [1.54, 1.807) is 0 Å². The van der Waals surface area contributed by atoms with E-state index in [1.165, 1.54) is 5.56 Å². The summed E-state index contributed by atoms with van der Waals surface area (Å²) >= 11 is 0. The van der Waals surface area contributed by atoms with E-state index in [0.29, 0.717) is 31.1 Å². The molecular weight excluding hydrogens is 246 g/mol. The third kappa shape index (κ3) is 5.87. The Hall–Kier alpha value is -1.15. The van der Waals surface area contributed by atoms with E-state index in [2.05, 4.69) is 52.0 Å². The number of ketones is 1. The van der Waals surface area contributed by atoms with Crippen LogP contribution in [0.3, 0.4) is 0 Å². The van der Waals surface area contributed by atoms with E-state index in [0.717, 1.165) is 18.4 Å². The Labute approximate surface area is 123 Å². The van der Waals surface area contributed by atoms with Crippen molar-refractivity contribution in [2.45, 2.75) is 58.8 Å². The Morgan fingerprint density at radius 3 is 2.25 bits per heavy atom. The highest BCUT2D eigenvalue weighted by Gasteiger charge is 2.13. The fourth-order valence-electron chi connectivity index (χ4n) is 2.27. The van der Waals surface area contributed by atoms with E-state index in [9.17, 15) is 4.79 Å². The molecule has 0 fully saturated rings. The lowest BCUT2D eigenvalue weighted by Gasteiger charge is -2.19. The van der Waals surface area contributed by atoms with Crippen LogP contribution >= 0.6 is 0 Å². The largest absolute Gasteiger partial charge is 0.330 e. The Morgan fingerprint density at radius 1 is 1.15 bits per heavy atom. The molecule has 0 saturated heterocycles. The van der Waals surface area contributed by atoms with Crippen LogP contribution in [0, 0.1) is 5.92 Å². The van der Waals surface area contributed by atoms with E-state index < -0.39 is 0 Å². The zero-order valence-electron chi connectivity index (χ0n) is 13.4. The Bertz CT molecular complexity index is 414. The summed E-state index contributed by atoms with van der Waals surface area (Å²) in [6.45, 7) is 9.48. The highest BCUT2D eigenvalue weighted by Crippen LogP contribution is 2.22. The van der Waals surface area contributed by atoms with E-state index in [4.69, 9.17) is 5.73 Å². The number of Topliss-reactive ketones (excluding diaryl/α,β-unsaturated/α-hetero) is 1. The molecule has 1 unspecified atom stereocenters. The average molecular weight is 275 g/mol. The third-order valence-corrected chi connectivity index (χ3v) is 3.80. The molecule has 20 heavy (non-hydrogen) atoms. The minimum Gasteiger partial charge on any atom is -0.330 e. The molecular formula is C18H29NO. The van der Waals surface area contributed by atoms with Crippen molar-refractivity contribution in [3.05, 3.63) is 35.4 Å². The van der Waals surface area contributed by atoms with Gasteiger partial charge in [0.2, 0.25) is 0 Å². The lowest BCUT2D eigenvalue weighted by atomic mass is 9.86. The first-order valence-corrected chi connectivity index (χ1v) is 7.64. The van der Waals surface area contributed by atoms with Crippen LogP contribution in [0.1, 0.15) is 58.1 Å². The monoisotopic (exact) mass is 275 g/mol. The standard InChI is InChI=1S/C18H29NO/c1-14(11-12-19)5-10-17(20)13-15-6-8-16(9-7-15)18(2,3)4/h6-9,14H,5,10-13,19H2,1-4H3. The van der Waals surface area contributed by atoms with Crippen LogP contribution in [0.5, 0.6) is 0 Å². The number of carbonyl (C=O) groups excluding carboxylic acids is 1. The van der Waals surface area contributed by atoms with Crippen LogP contribution in [-0.4, -0.2) is 12.3 Å². The summed E-state index contributed by atoms with van der Waals surface area (Å²) < 4.78 is 0. The van der Waals surface area contributed by atoms with Crippen LogP contribution in [0.15, 0.2) is 24.3 Å². The Kier molecular flexibility index (Phi) is 6.41. The van der Waals surface area contributed by atoms with E-state index in [-0.39, 0.29) is 5.41 Å². The fraction of sp³-hybridized carbons (Fsp3) is 0.611. The average Bonchev–Trinajstić information content (AvgIpc) is 2.36. The second kappa shape index (κ2) is 7.58. The first kappa shape index (κ1) is 16.9. The zero-order valence-corrected chi connectivity index (χ0v) is 13.4. The first-order valence-electron chi connectivity index (χ1n) is 7.64. The van der Waals surface area contributed by atoms with Crippen molar-refractivity contribution in [1.29, 1.82) is 0 Å². The molecule has 2 N–H and O–H groups in total. The summed E-state index contributed by atoms with van der Waals surface area (Å²) in [7, 11) is 0. The molecule has 2 heteroatoms. The van der Waals surface area contributed by atoms with Gasteiger partial charge in [-0.15, -0.1) is 0 Å². The summed E-state index contributed by atoms with van der Waals surface area (Å²) in [6, 6.07) is 8.45. The predicted molar refractivity (Wildman–Crippen MR) is 85.9 cm³/mol. The highest BCUT2D eigenvalue weighted by molar-refractivity contribution is 5.80. The van der Waals surface area contributed by atoms with Crippen LogP contribution in [0.4, 0.5) is 0 Å². The summed E-state index contributed by atoms with van der Waals surface area (Å²) in [4.78, 5) is 12.0. The van der Waals surface area contributed by atoms with Gasteiger partial charge in [0, 0.05) is 12.8 Å². The van der Waals surface area contributed by atoms with Gasteiger partial charge in [-0.05, 0) is 41.8 Å². The lowest BCUT2D eigenvalue weighted by Crippen LogP contribution is -2.11. The van der Waals surface area contributed by atoms with Gasteiger partial charge < -0.3 is 5.73 Å². The van der Waals surface area contributed by atoms with Gasteiger partial charge in [-0.1, -0.05) is 52.0 Å². The Balaban J connectivity index is 2.46. The second-order valence-corrected chi connectivity index (χ2v) is 6.88. The molecule has 0 bridgehead atoms. The molecule has 0 aliphatic carbocycles. The zero-order chi connectivity index (χ0) is 15.2. The summed E-state index contributed by atoms with van der Waals surface area (Å²) in [5.41, 5.74) is 8.12. The molecule has 1 atom stereocenters. The normalized spacial score (nSPS) is 13.2. The number of nitrogens with two attached hydrogens (primary N) is 1. The minimum atomic E-state index is 0.167. The van der Waals surface area contributed by atoms with Gasteiger partial charge in [0.25, 0.3) is 0 Å². The molecule has 2 nitrogen and oxygen atoms in total. The van der Waals surface area contributed by atoms with Crippen molar-refractivity contribution in [2.75, 3.05) is 6.54 Å². The van der Waals surface area contributed by atoms with Crippen LogP contribution in [0.2, 0.25) is 0 Å². The van der Waals surface area contributed by atoms with Crippen molar-refractivity contribution in [2.24, 2.45) is 11.7 Å². The molecule has 0 aliphatic heterocycles. The summed E-state index contributed by atoms with van der Waals surface area (Å²) in [5.74, 6) is 0.879. The van der Waals surface area contributed by atoms with Gasteiger partial charge >= 0.3 is 0 Å². The maximum absolute atomic E-state index is 12.0. The Morgan fingerprint density at radius 2 is 1.75 bits per heavy atom. The molecule has 0 spiro atoms. The van der Waals surface area contributed by atoms with Crippen LogP contribution < -0.4 is 5.73 Å². The highest BCUT2D eigenvalue weighted by atomic mass is 16.1. The van der Waals surface area contributed by atoms with Crippen molar-refractivity contribution >= 4 is 5.78 Å². The molecule has 0 aromatic heterocycles. The SMILES string of the molecule is CC(CCN)CCC(=O)Cc1ccc(C(C)(C)C)cc1. The maximum Gasteiger partial charge on any atom is 0.137 e. The molecule has 1 aromatic carbocycles. The second-order valence-electron chi connectivity index (χ2n) is 6.88. The number of carbonyl (C=O) groups is 1. The smallest absolute Gasteiger partial charge is 0.137 e. The molecule has 112 valence electrons. The maximum atomic E-state index is 12.0. The van der Waals surface area contributed by atoms with Gasteiger partial charge in [0.15, 0.2) is 0 Å². The molecule has 1 aromatic rings. The topological polar surface area (TPSA) is 43.1 Å².